The van der Waals surface area contributed by atoms with Gasteiger partial charge < -0.3 is 15.4 Å². The Morgan fingerprint density at radius 1 is 1.47 bits per heavy atom. The molecule has 1 aromatic rings. The van der Waals surface area contributed by atoms with Crippen molar-refractivity contribution in [3.8, 4) is 5.75 Å². The van der Waals surface area contributed by atoms with Crippen LogP contribution >= 0.6 is 0 Å². The van der Waals surface area contributed by atoms with E-state index in [0.717, 1.165) is 24.4 Å². The second-order valence-electron chi connectivity index (χ2n) is 4.83. The Morgan fingerprint density at radius 3 is 2.59 bits per heavy atom. The quantitative estimate of drug-likeness (QED) is 0.817. The zero-order chi connectivity index (χ0) is 13.0. The summed E-state index contributed by atoms with van der Waals surface area (Å²) in [6.45, 7) is 5.14. The smallest absolute Gasteiger partial charge is 0.161 e. The third-order valence-electron chi connectivity index (χ3n) is 2.75. The van der Waals surface area contributed by atoms with Crippen LogP contribution in [0.1, 0.15) is 38.0 Å². The van der Waals surface area contributed by atoms with Crippen LogP contribution in [0.4, 0.5) is 0 Å². The Hall–Kier alpha value is -1.07. The van der Waals surface area contributed by atoms with Gasteiger partial charge in [-0.3, -0.25) is 4.68 Å². The van der Waals surface area contributed by atoms with E-state index in [1.165, 1.54) is 0 Å². The molecule has 0 radical (unpaired) electrons. The molecule has 0 aromatic carbocycles. The number of hydrogen-bond donors (Lipinski definition) is 1. The van der Waals surface area contributed by atoms with Crippen LogP contribution in [-0.2, 0) is 0 Å². The number of rotatable bonds is 6. The highest BCUT2D eigenvalue weighted by Gasteiger charge is 2.20. The van der Waals surface area contributed by atoms with Crippen LogP contribution in [0.2, 0.25) is 0 Å². The fourth-order valence-corrected chi connectivity index (χ4v) is 1.81. The maximum atomic E-state index is 6.24. The Balaban J connectivity index is 2.89. The molecule has 1 rings (SSSR count). The minimum absolute atomic E-state index is 0.0442. The van der Waals surface area contributed by atoms with Crippen molar-refractivity contribution in [2.45, 2.75) is 32.4 Å². The predicted octanol–water partition coefficient (Wildman–Crippen LogP) is 1.42. The molecule has 0 spiro atoms. The first-order valence-corrected chi connectivity index (χ1v) is 5.99. The summed E-state index contributed by atoms with van der Waals surface area (Å²) in [5, 5.41) is 4.33. The van der Waals surface area contributed by atoms with Gasteiger partial charge in [0.1, 0.15) is 0 Å². The van der Waals surface area contributed by atoms with Gasteiger partial charge in [0.25, 0.3) is 0 Å². The Kier molecular flexibility index (Phi) is 4.96. The molecule has 1 atom stereocenters. The minimum Gasteiger partial charge on any atom is -0.493 e. The molecule has 0 aliphatic heterocycles. The molecule has 0 saturated carbocycles. The van der Waals surface area contributed by atoms with Crippen LogP contribution in [0.15, 0.2) is 6.20 Å². The number of ether oxygens (including phenoxy) is 1. The standard InChI is InChI=1S/C12H24N4O/c1-9(2)16-12(11(17-5)8-14-16)10(13)6-7-15(3)4/h8-10H,6-7,13H2,1-5H3. The minimum atomic E-state index is -0.0442. The summed E-state index contributed by atoms with van der Waals surface area (Å²) in [6.07, 6.45) is 2.63. The number of nitrogens with zero attached hydrogens (tertiary/aromatic N) is 3. The zero-order valence-electron chi connectivity index (χ0n) is 11.5. The first-order valence-electron chi connectivity index (χ1n) is 5.99. The molecule has 2 N–H and O–H groups in total. The summed E-state index contributed by atoms with van der Waals surface area (Å²) >= 11 is 0. The van der Waals surface area contributed by atoms with Crippen molar-refractivity contribution in [3.63, 3.8) is 0 Å². The molecule has 17 heavy (non-hydrogen) atoms. The molecule has 0 saturated heterocycles. The van der Waals surface area contributed by atoms with Gasteiger partial charge in [-0.05, 0) is 40.9 Å². The molecular weight excluding hydrogens is 216 g/mol. The van der Waals surface area contributed by atoms with E-state index in [-0.39, 0.29) is 6.04 Å². The van der Waals surface area contributed by atoms with E-state index in [0.29, 0.717) is 6.04 Å². The Morgan fingerprint density at radius 2 is 2.12 bits per heavy atom. The number of aromatic nitrogens is 2. The maximum absolute atomic E-state index is 6.24. The van der Waals surface area contributed by atoms with E-state index >= 15 is 0 Å². The first-order chi connectivity index (χ1) is 7.97. The van der Waals surface area contributed by atoms with Crippen LogP contribution in [-0.4, -0.2) is 42.4 Å². The lowest BCUT2D eigenvalue weighted by molar-refractivity contribution is 0.360. The van der Waals surface area contributed by atoms with Crippen molar-refractivity contribution in [2.24, 2.45) is 5.73 Å². The highest BCUT2D eigenvalue weighted by molar-refractivity contribution is 5.28. The van der Waals surface area contributed by atoms with Gasteiger partial charge in [-0.15, -0.1) is 0 Å². The van der Waals surface area contributed by atoms with Gasteiger partial charge in [-0.25, -0.2) is 0 Å². The summed E-state index contributed by atoms with van der Waals surface area (Å²) < 4.78 is 7.27. The van der Waals surface area contributed by atoms with Gasteiger partial charge >= 0.3 is 0 Å². The van der Waals surface area contributed by atoms with E-state index in [4.69, 9.17) is 10.5 Å². The summed E-state index contributed by atoms with van der Waals surface area (Å²) in [4.78, 5) is 2.13. The molecule has 5 heteroatoms. The van der Waals surface area contributed by atoms with E-state index in [1.54, 1.807) is 13.3 Å². The van der Waals surface area contributed by atoms with Gasteiger partial charge in [0.05, 0.1) is 25.0 Å². The van der Waals surface area contributed by atoms with Crippen LogP contribution < -0.4 is 10.5 Å². The van der Waals surface area contributed by atoms with Crippen LogP contribution in [0.25, 0.3) is 0 Å². The summed E-state index contributed by atoms with van der Waals surface area (Å²) in [7, 11) is 5.75. The lowest BCUT2D eigenvalue weighted by Gasteiger charge is -2.19. The SMILES string of the molecule is COc1cnn(C(C)C)c1C(N)CCN(C)C. The van der Waals surface area contributed by atoms with Gasteiger partial charge in [0, 0.05) is 6.04 Å². The Bertz CT molecular complexity index is 346. The molecule has 0 amide bonds. The molecule has 1 aromatic heterocycles. The molecule has 0 aliphatic carbocycles. The molecule has 0 aliphatic rings. The molecule has 0 fully saturated rings. The van der Waals surface area contributed by atoms with E-state index in [9.17, 15) is 0 Å². The lowest BCUT2D eigenvalue weighted by atomic mass is 10.1. The van der Waals surface area contributed by atoms with E-state index in [2.05, 4.69) is 23.8 Å². The van der Waals surface area contributed by atoms with Crippen molar-refractivity contribution in [3.05, 3.63) is 11.9 Å². The summed E-state index contributed by atoms with van der Waals surface area (Å²) in [5.41, 5.74) is 7.23. The fourth-order valence-electron chi connectivity index (χ4n) is 1.81. The van der Waals surface area contributed by atoms with Crippen molar-refractivity contribution in [1.82, 2.24) is 14.7 Å². The van der Waals surface area contributed by atoms with Gasteiger partial charge in [-0.2, -0.15) is 5.10 Å². The van der Waals surface area contributed by atoms with Gasteiger partial charge in [-0.1, -0.05) is 0 Å². The second kappa shape index (κ2) is 6.02. The van der Waals surface area contributed by atoms with Crippen molar-refractivity contribution in [1.29, 1.82) is 0 Å². The topological polar surface area (TPSA) is 56.3 Å². The molecule has 98 valence electrons. The summed E-state index contributed by atoms with van der Waals surface area (Å²) in [6, 6.07) is 0.247. The number of hydrogen-bond acceptors (Lipinski definition) is 4. The molecule has 1 heterocycles. The Labute approximate surface area is 104 Å². The number of methoxy groups -OCH3 is 1. The molecule has 0 bridgehead atoms. The van der Waals surface area contributed by atoms with Gasteiger partial charge in [0.15, 0.2) is 5.75 Å². The van der Waals surface area contributed by atoms with E-state index in [1.807, 2.05) is 18.8 Å². The third-order valence-corrected chi connectivity index (χ3v) is 2.75. The lowest BCUT2D eigenvalue weighted by Crippen LogP contribution is -2.23. The zero-order valence-corrected chi connectivity index (χ0v) is 11.5. The van der Waals surface area contributed by atoms with Crippen molar-refractivity contribution < 1.29 is 4.74 Å². The molecular formula is C12H24N4O. The second-order valence-corrected chi connectivity index (χ2v) is 4.83. The third kappa shape index (κ3) is 3.44. The summed E-state index contributed by atoms with van der Waals surface area (Å²) in [5.74, 6) is 0.782. The van der Waals surface area contributed by atoms with Crippen LogP contribution in [0, 0.1) is 0 Å². The first kappa shape index (κ1) is 14.0. The normalized spacial score (nSPS) is 13.4. The predicted molar refractivity (Wildman–Crippen MR) is 69.3 cm³/mol. The number of nitrogens with two attached hydrogens (primary N) is 1. The fraction of sp³-hybridized carbons (Fsp3) is 0.750. The van der Waals surface area contributed by atoms with Crippen LogP contribution in [0.3, 0.4) is 0 Å². The molecule has 1 unspecified atom stereocenters. The highest BCUT2D eigenvalue weighted by atomic mass is 16.5. The average Bonchev–Trinajstić information content (AvgIpc) is 2.69. The molecule has 5 nitrogen and oxygen atoms in total. The van der Waals surface area contributed by atoms with Crippen LogP contribution in [0.5, 0.6) is 5.75 Å². The van der Waals surface area contributed by atoms with Crippen molar-refractivity contribution >= 4 is 0 Å². The van der Waals surface area contributed by atoms with E-state index < -0.39 is 0 Å². The van der Waals surface area contributed by atoms with Gasteiger partial charge in [0.2, 0.25) is 0 Å². The maximum Gasteiger partial charge on any atom is 0.161 e. The van der Waals surface area contributed by atoms with Crippen molar-refractivity contribution in [2.75, 3.05) is 27.7 Å². The highest BCUT2D eigenvalue weighted by Crippen LogP contribution is 2.27. The monoisotopic (exact) mass is 240 g/mol. The average molecular weight is 240 g/mol. The largest absolute Gasteiger partial charge is 0.493 e.